The first kappa shape index (κ1) is 9.38. The van der Waals surface area contributed by atoms with E-state index in [4.69, 9.17) is 5.26 Å². The maximum absolute atomic E-state index is 8.34. The topological polar surface area (TPSA) is 36.7 Å². The predicted molar refractivity (Wildman–Crippen MR) is 44.9 cm³/mol. The number of pyridine rings is 1. The van der Waals surface area contributed by atoms with Crippen molar-refractivity contribution in [2.75, 3.05) is 0 Å². The van der Waals surface area contributed by atoms with E-state index >= 15 is 0 Å². The zero-order chi connectivity index (χ0) is 8.69. The number of aryl methyl sites for hydroxylation is 1. The Balaban J connectivity index is 0.000000461. The van der Waals surface area contributed by atoms with Crippen LogP contribution in [-0.4, -0.2) is 4.98 Å². The molecule has 0 atom stereocenters. The molecule has 0 aliphatic carbocycles. The Morgan fingerprint density at radius 2 is 2.09 bits per heavy atom. The van der Waals surface area contributed by atoms with E-state index < -0.39 is 0 Å². The molecule has 0 radical (unpaired) electrons. The highest BCUT2D eigenvalue weighted by Gasteiger charge is 1.86. The van der Waals surface area contributed by atoms with Gasteiger partial charge >= 0.3 is 0 Å². The highest BCUT2D eigenvalue weighted by Crippen LogP contribution is 1.95. The Bertz CT molecular complexity index is 243. The largest absolute Gasteiger partial charge is 0.260 e. The summed E-state index contributed by atoms with van der Waals surface area (Å²) in [6.45, 7) is 7.89. The van der Waals surface area contributed by atoms with Gasteiger partial charge in [0.2, 0.25) is 0 Å². The third-order valence-corrected chi connectivity index (χ3v) is 1.04. The zero-order valence-corrected chi connectivity index (χ0v) is 6.54. The van der Waals surface area contributed by atoms with Crippen molar-refractivity contribution in [2.45, 2.75) is 6.92 Å². The maximum Gasteiger partial charge on any atom is 0.101 e. The number of aromatic nitrogens is 1. The molecule has 0 saturated heterocycles. The van der Waals surface area contributed by atoms with Crippen molar-refractivity contribution in [3.8, 4) is 6.07 Å². The summed E-state index contributed by atoms with van der Waals surface area (Å²) in [5, 5.41) is 8.34. The molecule has 11 heavy (non-hydrogen) atoms. The van der Waals surface area contributed by atoms with Gasteiger partial charge < -0.3 is 0 Å². The van der Waals surface area contributed by atoms with Gasteiger partial charge in [-0.05, 0) is 19.1 Å². The summed E-state index contributed by atoms with van der Waals surface area (Å²) in [5.74, 6) is 0. The van der Waals surface area contributed by atoms with Crippen LogP contribution in [0.4, 0.5) is 0 Å². The molecule has 1 aromatic rings. The van der Waals surface area contributed by atoms with E-state index in [-0.39, 0.29) is 0 Å². The molecule has 2 heteroatoms. The van der Waals surface area contributed by atoms with Gasteiger partial charge in [0.25, 0.3) is 0 Å². The molecule has 0 unspecified atom stereocenters. The molecule has 1 rings (SSSR count). The summed E-state index contributed by atoms with van der Waals surface area (Å²) in [6, 6.07) is 5.56. The van der Waals surface area contributed by atoms with Crippen LogP contribution in [0.3, 0.4) is 0 Å². The van der Waals surface area contributed by atoms with Crippen LogP contribution in [0.15, 0.2) is 31.5 Å². The SMILES string of the molecule is C=C.Cc1ccc(C#N)cn1. The van der Waals surface area contributed by atoms with E-state index in [1.807, 2.05) is 19.1 Å². The van der Waals surface area contributed by atoms with Crippen LogP contribution >= 0.6 is 0 Å². The van der Waals surface area contributed by atoms with E-state index in [1.165, 1.54) is 0 Å². The quantitative estimate of drug-likeness (QED) is 0.525. The Kier molecular flexibility index (Phi) is 4.42. The molecule has 0 aliphatic heterocycles. The number of nitriles is 1. The van der Waals surface area contributed by atoms with E-state index in [1.54, 1.807) is 12.3 Å². The van der Waals surface area contributed by atoms with Crippen LogP contribution < -0.4 is 0 Å². The minimum absolute atomic E-state index is 0.612. The van der Waals surface area contributed by atoms with Crippen molar-refractivity contribution in [3.05, 3.63) is 42.7 Å². The second kappa shape index (κ2) is 5.19. The average Bonchev–Trinajstić information content (AvgIpc) is 2.10. The van der Waals surface area contributed by atoms with Crippen molar-refractivity contribution in [2.24, 2.45) is 0 Å². The molecule has 0 spiro atoms. The van der Waals surface area contributed by atoms with Crippen molar-refractivity contribution in [1.82, 2.24) is 4.98 Å². The van der Waals surface area contributed by atoms with E-state index in [9.17, 15) is 0 Å². The van der Waals surface area contributed by atoms with Gasteiger partial charge in [0.1, 0.15) is 6.07 Å². The van der Waals surface area contributed by atoms with Gasteiger partial charge in [-0.15, -0.1) is 13.2 Å². The number of rotatable bonds is 0. The van der Waals surface area contributed by atoms with Gasteiger partial charge in [-0.2, -0.15) is 5.26 Å². The molecule has 0 N–H and O–H groups in total. The number of nitrogens with zero attached hydrogens (tertiary/aromatic N) is 2. The van der Waals surface area contributed by atoms with Crippen LogP contribution in [0.2, 0.25) is 0 Å². The second-order valence-corrected chi connectivity index (χ2v) is 1.80. The molecular formula is C9H10N2. The van der Waals surface area contributed by atoms with Crippen molar-refractivity contribution in [1.29, 1.82) is 5.26 Å². The smallest absolute Gasteiger partial charge is 0.101 e. The summed E-state index contributed by atoms with van der Waals surface area (Å²) in [6.07, 6.45) is 1.56. The van der Waals surface area contributed by atoms with Gasteiger partial charge in [-0.25, -0.2) is 0 Å². The first-order chi connectivity index (χ1) is 5.33. The lowest BCUT2D eigenvalue weighted by Gasteiger charge is -1.87. The summed E-state index contributed by atoms with van der Waals surface area (Å²) in [4.78, 5) is 3.93. The van der Waals surface area contributed by atoms with Crippen molar-refractivity contribution in [3.63, 3.8) is 0 Å². The Labute approximate surface area is 66.8 Å². The van der Waals surface area contributed by atoms with Crippen LogP contribution in [0.25, 0.3) is 0 Å². The third kappa shape index (κ3) is 3.17. The molecule has 0 bridgehead atoms. The van der Waals surface area contributed by atoms with E-state index in [0.717, 1.165) is 5.69 Å². The molecule has 56 valence electrons. The lowest BCUT2D eigenvalue weighted by Crippen LogP contribution is -1.79. The first-order valence-corrected chi connectivity index (χ1v) is 3.15. The molecule has 2 nitrogen and oxygen atoms in total. The average molecular weight is 146 g/mol. The molecule has 0 amide bonds. The lowest BCUT2D eigenvalue weighted by molar-refractivity contribution is 1.19. The van der Waals surface area contributed by atoms with Gasteiger partial charge in [-0.3, -0.25) is 4.98 Å². The molecule has 1 aromatic heterocycles. The summed E-state index contributed by atoms with van der Waals surface area (Å²) >= 11 is 0. The van der Waals surface area contributed by atoms with Crippen molar-refractivity contribution >= 4 is 0 Å². The molecule has 0 aromatic carbocycles. The fraction of sp³-hybridized carbons (Fsp3) is 0.111. The van der Waals surface area contributed by atoms with Gasteiger partial charge in [0.15, 0.2) is 0 Å². The van der Waals surface area contributed by atoms with Crippen LogP contribution in [-0.2, 0) is 0 Å². The molecule has 0 saturated carbocycles. The zero-order valence-electron chi connectivity index (χ0n) is 6.54. The molecule has 0 fully saturated rings. The Morgan fingerprint density at radius 3 is 2.45 bits per heavy atom. The van der Waals surface area contributed by atoms with E-state index in [2.05, 4.69) is 18.1 Å². The van der Waals surface area contributed by atoms with E-state index in [0.29, 0.717) is 5.56 Å². The normalized spacial score (nSPS) is 7.27. The molecule has 1 heterocycles. The Hall–Kier alpha value is -1.62. The van der Waals surface area contributed by atoms with Gasteiger partial charge in [0, 0.05) is 11.9 Å². The predicted octanol–water partition coefficient (Wildman–Crippen LogP) is 2.06. The van der Waals surface area contributed by atoms with Crippen molar-refractivity contribution < 1.29 is 0 Å². The number of hydrogen-bond donors (Lipinski definition) is 0. The van der Waals surface area contributed by atoms with Gasteiger partial charge in [0.05, 0.1) is 5.56 Å². The summed E-state index contributed by atoms with van der Waals surface area (Å²) in [7, 11) is 0. The van der Waals surface area contributed by atoms with Crippen LogP contribution in [0, 0.1) is 18.3 Å². The van der Waals surface area contributed by atoms with Crippen LogP contribution in [0.1, 0.15) is 11.3 Å². The third-order valence-electron chi connectivity index (χ3n) is 1.04. The highest BCUT2D eigenvalue weighted by molar-refractivity contribution is 5.25. The first-order valence-electron chi connectivity index (χ1n) is 3.15. The maximum atomic E-state index is 8.34. The fourth-order valence-electron chi connectivity index (χ4n) is 0.534. The second-order valence-electron chi connectivity index (χ2n) is 1.80. The minimum atomic E-state index is 0.612. The standard InChI is InChI=1S/C7H6N2.C2H4/c1-6-2-3-7(4-8)5-9-6;1-2/h2-3,5H,1H3;1-2H2. The lowest BCUT2D eigenvalue weighted by atomic mass is 10.3. The fourth-order valence-corrected chi connectivity index (χ4v) is 0.534. The minimum Gasteiger partial charge on any atom is -0.260 e. The number of hydrogen-bond acceptors (Lipinski definition) is 2. The van der Waals surface area contributed by atoms with Crippen LogP contribution in [0.5, 0.6) is 0 Å². The molecular weight excluding hydrogens is 136 g/mol. The Morgan fingerprint density at radius 1 is 1.45 bits per heavy atom. The van der Waals surface area contributed by atoms with Gasteiger partial charge in [-0.1, -0.05) is 0 Å². The monoisotopic (exact) mass is 146 g/mol. The molecule has 0 aliphatic rings. The summed E-state index contributed by atoms with van der Waals surface area (Å²) < 4.78 is 0. The highest BCUT2D eigenvalue weighted by atomic mass is 14.7. The summed E-state index contributed by atoms with van der Waals surface area (Å²) in [5.41, 5.74) is 1.55.